The Bertz CT molecular complexity index is 808. The second-order valence-electron chi connectivity index (χ2n) is 4.01. The van der Waals surface area contributed by atoms with Crippen LogP contribution in [0.25, 0.3) is 16.7 Å². The summed E-state index contributed by atoms with van der Waals surface area (Å²) in [7, 11) is 0. The quantitative estimate of drug-likeness (QED) is 0.535. The first-order chi connectivity index (χ1) is 9.58. The lowest BCUT2D eigenvalue weighted by Gasteiger charge is -2.07. The second kappa shape index (κ2) is 4.73. The van der Waals surface area contributed by atoms with Gasteiger partial charge in [-0.3, -0.25) is 10.1 Å². The molecule has 0 bridgehead atoms. The molecule has 0 fully saturated rings. The summed E-state index contributed by atoms with van der Waals surface area (Å²) < 4.78 is 1.46. The maximum atomic E-state index is 10.8. The Kier molecular flexibility index (Phi) is 3.04. The highest BCUT2D eigenvalue weighted by molar-refractivity contribution is 6.38. The molecule has 0 aliphatic heterocycles. The molecule has 0 saturated carbocycles. The van der Waals surface area contributed by atoms with Crippen molar-refractivity contribution in [3.63, 3.8) is 0 Å². The van der Waals surface area contributed by atoms with Crippen molar-refractivity contribution < 1.29 is 4.92 Å². The van der Waals surface area contributed by atoms with Crippen LogP contribution in [0.4, 0.5) is 5.69 Å². The van der Waals surface area contributed by atoms with Gasteiger partial charge in [0.15, 0.2) is 0 Å². The van der Waals surface area contributed by atoms with E-state index in [1.165, 1.54) is 16.8 Å². The summed E-state index contributed by atoms with van der Waals surface area (Å²) >= 11 is 12.2. The highest BCUT2D eigenvalue weighted by Gasteiger charge is 2.18. The smallest absolute Gasteiger partial charge is 0.258 e. The van der Waals surface area contributed by atoms with Crippen molar-refractivity contribution in [2.75, 3.05) is 0 Å². The van der Waals surface area contributed by atoms with Gasteiger partial charge in [0.1, 0.15) is 11.2 Å². The zero-order chi connectivity index (χ0) is 14.3. The Morgan fingerprint density at radius 3 is 2.45 bits per heavy atom. The van der Waals surface area contributed by atoms with Gasteiger partial charge in [0.25, 0.3) is 5.69 Å². The van der Waals surface area contributed by atoms with Gasteiger partial charge in [-0.05, 0) is 12.1 Å². The Hall–Kier alpha value is -2.18. The maximum absolute atomic E-state index is 10.8. The summed E-state index contributed by atoms with van der Waals surface area (Å²) in [4.78, 5) is 10.2. The molecule has 0 aliphatic carbocycles. The molecule has 0 aliphatic rings. The average molecular weight is 309 g/mol. The van der Waals surface area contributed by atoms with E-state index < -0.39 is 4.92 Å². The number of fused-ring (bicyclic) bond motifs is 1. The van der Waals surface area contributed by atoms with Crippen LogP contribution in [0.2, 0.25) is 10.0 Å². The van der Waals surface area contributed by atoms with Crippen LogP contribution in [-0.4, -0.2) is 19.9 Å². The molecule has 0 saturated heterocycles. The monoisotopic (exact) mass is 308 g/mol. The number of para-hydroxylation sites is 1. The summed E-state index contributed by atoms with van der Waals surface area (Å²) in [6.07, 6.45) is 0. The molecule has 1 heterocycles. The Morgan fingerprint density at radius 1 is 1.15 bits per heavy atom. The van der Waals surface area contributed by atoms with Crippen molar-refractivity contribution in [3.05, 3.63) is 56.6 Å². The van der Waals surface area contributed by atoms with Gasteiger partial charge in [0, 0.05) is 12.1 Å². The number of benzene rings is 2. The summed E-state index contributed by atoms with van der Waals surface area (Å²) in [5, 5.41) is 19.0. The van der Waals surface area contributed by atoms with E-state index in [1.54, 1.807) is 6.07 Å². The number of nitro groups is 1. The van der Waals surface area contributed by atoms with E-state index in [2.05, 4.69) is 10.3 Å². The summed E-state index contributed by atoms with van der Waals surface area (Å²) in [6.45, 7) is 0. The molecule has 0 atom stereocenters. The minimum absolute atomic E-state index is 0.139. The van der Waals surface area contributed by atoms with Crippen molar-refractivity contribution in [3.8, 4) is 5.69 Å². The van der Waals surface area contributed by atoms with Gasteiger partial charge in [0.2, 0.25) is 0 Å². The average Bonchev–Trinajstić information content (AvgIpc) is 2.82. The standard InChI is InChI=1S/C12H6Cl2N4O2/c13-8-5-7(18(19)20)6-9(14)12(8)17-11-4-2-1-3-10(11)15-16-17/h1-6H. The first-order valence-electron chi connectivity index (χ1n) is 5.52. The fraction of sp³-hybridized carbons (Fsp3) is 0. The molecule has 20 heavy (non-hydrogen) atoms. The van der Waals surface area contributed by atoms with E-state index in [0.717, 1.165) is 0 Å². The van der Waals surface area contributed by atoms with Crippen molar-refractivity contribution in [1.29, 1.82) is 0 Å². The lowest BCUT2D eigenvalue weighted by Crippen LogP contribution is -2.00. The van der Waals surface area contributed by atoms with E-state index in [1.807, 2.05) is 18.2 Å². The number of rotatable bonds is 2. The van der Waals surface area contributed by atoms with Crippen LogP contribution in [0.5, 0.6) is 0 Å². The lowest BCUT2D eigenvalue weighted by atomic mass is 10.2. The second-order valence-corrected chi connectivity index (χ2v) is 4.82. The molecule has 0 unspecified atom stereocenters. The van der Waals surface area contributed by atoms with Crippen LogP contribution in [0, 0.1) is 10.1 Å². The third-order valence-electron chi connectivity index (χ3n) is 2.78. The van der Waals surface area contributed by atoms with Crippen LogP contribution in [-0.2, 0) is 0 Å². The Labute approximate surface area is 122 Å². The van der Waals surface area contributed by atoms with E-state index in [9.17, 15) is 10.1 Å². The highest BCUT2D eigenvalue weighted by Crippen LogP contribution is 2.34. The summed E-state index contributed by atoms with van der Waals surface area (Å²) in [5.74, 6) is 0. The van der Waals surface area contributed by atoms with Gasteiger partial charge < -0.3 is 0 Å². The molecule has 0 spiro atoms. The van der Waals surface area contributed by atoms with Crippen molar-refractivity contribution in [2.45, 2.75) is 0 Å². The largest absolute Gasteiger partial charge is 0.272 e. The molecule has 0 amide bonds. The zero-order valence-corrected chi connectivity index (χ0v) is 11.3. The normalized spacial score (nSPS) is 10.9. The topological polar surface area (TPSA) is 73.8 Å². The number of nitrogens with zero attached hydrogens (tertiary/aromatic N) is 4. The van der Waals surface area contributed by atoms with E-state index in [4.69, 9.17) is 23.2 Å². The molecule has 0 N–H and O–H groups in total. The van der Waals surface area contributed by atoms with Gasteiger partial charge in [0.05, 0.1) is 20.5 Å². The van der Waals surface area contributed by atoms with E-state index >= 15 is 0 Å². The molecule has 0 radical (unpaired) electrons. The number of non-ortho nitro benzene ring substituents is 1. The maximum Gasteiger partial charge on any atom is 0.272 e. The van der Waals surface area contributed by atoms with Crippen LogP contribution >= 0.6 is 23.2 Å². The fourth-order valence-corrected chi connectivity index (χ4v) is 2.53. The fourth-order valence-electron chi connectivity index (χ4n) is 1.89. The molecule has 3 aromatic rings. The van der Waals surface area contributed by atoms with Gasteiger partial charge in [-0.1, -0.05) is 40.5 Å². The van der Waals surface area contributed by atoms with Crippen LogP contribution in [0.3, 0.4) is 0 Å². The van der Waals surface area contributed by atoms with E-state index in [-0.39, 0.29) is 15.7 Å². The van der Waals surface area contributed by atoms with Crippen molar-refractivity contribution in [2.24, 2.45) is 0 Å². The molecular weight excluding hydrogens is 303 g/mol. The minimum Gasteiger partial charge on any atom is -0.258 e. The van der Waals surface area contributed by atoms with Crippen molar-refractivity contribution >= 4 is 39.9 Å². The SMILES string of the molecule is O=[N+]([O-])c1cc(Cl)c(-n2nnc3ccccc32)c(Cl)c1. The number of halogens is 2. The predicted molar refractivity (Wildman–Crippen MR) is 75.5 cm³/mol. The Morgan fingerprint density at radius 2 is 1.80 bits per heavy atom. The molecule has 2 aromatic carbocycles. The minimum atomic E-state index is -0.555. The van der Waals surface area contributed by atoms with Gasteiger partial charge in [-0.2, -0.15) is 0 Å². The lowest BCUT2D eigenvalue weighted by molar-refractivity contribution is -0.384. The number of nitro benzene ring substituents is 1. The predicted octanol–water partition coefficient (Wildman–Crippen LogP) is 3.64. The van der Waals surface area contributed by atoms with Crippen LogP contribution < -0.4 is 0 Å². The zero-order valence-electron chi connectivity index (χ0n) is 9.83. The molecule has 6 nitrogen and oxygen atoms in total. The molecule has 100 valence electrons. The van der Waals surface area contributed by atoms with Crippen molar-refractivity contribution in [1.82, 2.24) is 15.0 Å². The number of hydrogen-bond donors (Lipinski definition) is 0. The third kappa shape index (κ3) is 1.99. The molecule has 1 aromatic heterocycles. The first kappa shape index (κ1) is 12.8. The molecule has 3 rings (SSSR count). The third-order valence-corrected chi connectivity index (χ3v) is 3.35. The number of hydrogen-bond acceptors (Lipinski definition) is 4. The van der Waals surface area contributed by atoms with Crippen LogP contribution in [0.1, 0.15) is 0 Å². The van der Waals surface area contributed by atoms with E-state index in [0.29, 0.717) is 16.7 Å². The molecular formula is C12H6Cl2N4O2. The summed E-state index contributed by atoms with van der Waals surface area (Å²) in [6, 6.07) is 9.74. The van der Waals surface area contributed by atoms with Gasteiger partial charge in [-0.15, -0.1) is 5.10 Å². The van der Waals surface area contributed by atoms with Gasteiger partial charge in [-0.25, -0.2) is 4.68 Å². The Balaban J connectivity index is 2.27. The summed E-state index contributed by atoms with van der Waals surface area (Å²) in [5.41, 5.74) is 1.59. The van der Waals surface area contributed by atoms with Crippen LogP contribution in [0.15, 0.2) is 36.4 Å². The molecule has 8 heteroatoms. The van der Waals surface area contributed by atoms with Gasteiger partial charge >= 0.3 is 0 Å². The number of aromatic nitrogens is 3. The highest BCUT2D eigenvalue weighted by atomic mass is 35.5. The first-order valence-corrected chi connectivity index (χ1v) is 6.28.